The van der Waals surface area contributed by atoms with Gasteiger partial charge in [0.1, 0.15) is 5.82 Å². The number of likely N-dealkylation sites (N-methyl/N-ethyl adjacent to an activating group) is 1. The molecule has 1 aromatic rings. The SMILES string of the molecule is CCCCN(C)C(C)C(=O)Nc1cc(N)ccc1F. The van der Waals surface area contributed by atoms with Crippen LogP contribution >= 0.6 is 0 Å². The summed E-state index contributed by atoms with van der Waals surface area (Å²) in [6, 6.07) is 3.82. The average molecular weight is 267 g/mol. The van der Waals surface area contributed by atoms with E-state index in [1.54, 1.807) is 6.92 Å². The number of nitrogens with two attached hydrogens (primary N) is 1. The second-order valence-electron chi connectivity index (χ2n) is 4.74. The summed E-state index contributed by atoms with van der Waals surface area (Å²) >= 11 is 0. The van der Waals surface area contributed by atoms with E-state index < -0.39 is 5.82 Å². The lowest BCUT2D eigenvalue weighted by molar-refractivity contribution is -0.120. The number of anilines is 2. The van der Waals surface area contributed by atoms with Crippen LogP contribution < -0.4 is 11.1 Å². The summed E-state index contributed by atoms with van der Waals surface area (Å²) in [6.45, 7) is 4.74. The van der Waals surface area contributed by atoms with Gasteiger partial charge in [-0.25, -0.2) is 4.39 Å². The summed E-state index contributed by atoms with van der Waals surface area (Å²) in [4.78, 5) is 14.0. The zero-order valence-corrected chi connectivity index (χ0v) is 11.7. The third-order valence-corrected chi connectivity index (χ3v) is 3.15. The van der Waals surface area contributed by atoms with Crippen LogP contribution in [0, 0.1) is 5.82 Å². The number of halogens is 1. The predicted octanol–water partition coefficient (Wildman–Crippen LogP) is 2.47. The summed E-state index contributed by atoms with van der Waals surface area (Å²) in [5, 5.41) is 2.57. The predicted molar refractivity (Wildman–Crippen MR) is 76.4 cm³/mol. The maximum atomic E-state index is 13.5. The van der Waals surface area contributed by atoms with Crippen LogP contribution in [0.15, 0.2) is 18.2 Å². The number of benzene rings is 1. The van der Waals surface area contributed by atoms with Crippen molar-refractivity contribution >= 4 is 17.3 Å². The first-order valence-electron chi connectivity index (χ1n) is 6.51. The number of rotatable bonds is 6. The van der Waals surface area contributed by atoms with Crippen LogP contribution in [0.3, 0.4) is 0 Å². The van der Waals surface area contributed by atoms with Gasteiger partial charge in [-0.05, 0) is 45.1 Å². The molecule has 3 N–H and O–H groups in total. The molecule has 0 bridgehead atoms. The van der Waals surface area contributed by atoms with E-state index >= 15 is 0 Å². The minimum absolute atomic E-state index is 0.126. The van der Waals surface area contributed by atoms with Gasteiger partial charge in [-0.3, -0.25) is 9.69 Å². The van der Waals surface area contributed by atoms with E-state index in [1.807, 2.05) is 11.9 Å². The van der Waals surface area contributed by atoms with Gasteiger partial charge in [0.2, 0.25) is 5.91 Å². The van der Waals surface area contributed by atoms with Gasteiger partial charge in [0.05, 0.1) is 11.7 Å². The normalized spacial score (nSPS) is 12.5. The van der Waals surface area contributed by atoms with Gasteiger partial charge < -0.3 is 11.1 Å². The van der Waals surface area contributed by atoms with E-state index in [4.69, 9.17) is 5.73 Å². The largest absolute Gasteiger partial charge is 0.399 e. The third kappa shape index (κ3) is 4.52. The van der Waals surface area contributed by atoms with Crippen molar-refractivity contribution in [2.24, 2.45) is 0 Å². The summed E-state index contributed by atoms with van der Waals surface area (Å²) in [5.74, 6) is -0.714. The summed E-state index contributed by atoms with van der Waals surface area (Å²) in [6.07, 6.45) is 2.10. The highest BCUT2D eigenvalue weighted by molar-refractivity contribution is 5.95. The molecule has 0 aliphatic carbocycles. The molecule has 5 heteroatoms. The fourth-order valence-electron chi connectivity index (χ4n) is 1.68. The van der Waals surface area contributed by atoms with Crippen LogP contribution in [0.2, 0.25) is 0 Å². The Morgan fingerprint density at radius 1 is 1.53 bits per heavy atom. The average Bonchev–Trinajstić information content (AvgIpc) is 2.39. The number of carbonyl (C=O) groups excluding carboxylic acids is 1. The molecule has 1 rings (SSSR count). The zero-order valence-electron chi connectivity index (χ0n) is 11.7. The van der Waals surface area contributed by atoms with Crippen molar-refractivity contribution in [2.75, 3.05) is 24.6 Å². The quantitative estimate of drug-likeness (QED) is 0.778. The van der Waals surface area contributed by atoms with Gasteiger partial charge in [0.25, 0.3) is 0 Å². The van der Waals surface area contributed by atoms with Crippen LogP contribution in [0.25, 0.3) is 0 Å². The lowest BCUT2D eigenvalue weighted by Crippen LogP contribution is -2.40. The molecule has 0 aliphatic heterocycles. The van der Waals surface area contributed by atoms with E-state index in [1.165, 1.54) is 18.2 Å². The number of unbranched alkanes of at least 4 members (excludes halogenated alkanes) is 1. The molecule has 0 aromatic heterocycles. The molecule has 4 nitrogen and oxygen atoms in total. The maximum Gasteiger partial charge on any atom is 0.241 e. The first-order valence-corrected chi connectivity index (χ1v) is 6.51. The number of hydrogen-bond donors (Lipinski definition) is 2. The second kappa shape index (κ2) is 7.09. The Balaban J connectivity index is 2.65. The van der Waals surface area contributed by atoms with E-state index in [0.29, 0.717) is 5.69 Å². The Hall–Kier alpha value is -1.62. The monoisotopic (exact) mass is 267 g/mol. The molecule has 19 heavy (non-hydrogen) atoms. The van der Waals surface area contributed by atoms with Gasteiger partial charge >= 0.3 is 0 Å². The van der Waals surface area contributed by atoms with Gasteiger partial charge in [-0.1, -0.05) is 13.3 Å². The molecule has 1 atom stereocenters. The van der Waals surface area contributed by atoms with Crippen molar-refractivity contribution in [3.05, 3.63) is 24.0 Å². The minimum Gasteiger partial charge on any atom is -0.399 e. The Kier molecular flexibility index (Phi) is 5.76. The van der Waals surface area contributed by atoms with Crippen LogP contribution in [-0.2, 0) is 4.79 Å². The lowest BCUT2D eigenvalue weighted by Gasteiger charge is -2.23. The van der Waals surface area contributed by atoms with Crippen molar-refractivity contribution in [1.29, 1.82) is 0 Å². The summed E-state index contributed by atoms with van der Waals surface area (Å²) in [5.41, 5.74) is 6.12. The van der Waals surface area contributed by atoms with Crippen molar-refractivity contribution in [3.8, 4) is 0 Å². The highest BCUT2D eigenvalue weighted by Crippen LogP contribution is 2.18. The molecular weight excluding hydrogens is 245 g/mol. The topological polar surface area (TPSA) is 58.4 Å². The lowest BCUT2D eigenvalue weighted by atomic mass is 10.2. The van der Waals surface area contributed by atoms with Gasteiger partial charge in [-0.2, -0.15) is 0 Å². The molecule has 0 spiro atoms. The van der Waals surface area contributed by atoms with Crippen molar-refractivity contribution < 1.29 is 9.18 Å². The number of hydrogen-bond acceptors (Lipinski definition) is 3. The Labute approximate surface area is 113 Å². The molecule has 0 saturated heterocycles. The molecule has 1 aromatic carbocycles. The van der Waals surface area contributed by atoms with Gasteiger partial charge in [0.15, 0.2) is 0 Å². The highest BCUT2D eigenvalue weighted by Gasteiger charge is 2.18. The molecule has 1 amide bonds. The van der Waals surface area contributed by atoms with Crippen molar-refractivity contribution in [3.63, 3.8) is 0 Å². The molecule has 0 radical (unpaired) electrons. The van der Waals surface area contributed by atoms with E-state index in [0.717, 1.165) is 19.4 Å². The first kappa shape index (κ1) is 15.4. The Morgan fingerprint density at radius 2 is 2.21 bits per heavy atom. The van der Waals surface area contributed by atoms with Crippen molar-refractivity contribution in [2.45, 2.75) is 32.7 Å². The van der Waals surface area contributed by atoms with E-state index in [-0.39, 0.29) is 17.6 Å². The molecule has 106 valence electrons. The van der Waals surface area contributed by atoms with Crippen LogP contribution in [0.4, 0.5) is 15.8 Å². The molecule has 1 unspecified atom stereocenters. The smallest absolute Gasteiger partial charge is 0.241 e. The van der Waals surface area contributed by atoms with Gasteiger partial charge in [-0.15, -0.1) is 0 Å². The Morgan fingerprint density at radius 3 is 2.84 bits per heavy atom. The third-order valence-electron chi connectivity index (χ3n) is 3.15. The first-order chi connectivity index (χ1) is 8.95. The van der Waals surface area contributed by atoms with Crippen LogP contribution in [-0.4, -0.2) is 30.4 Å². The molecular formula is C14H22FN3O. The van der Waals surface area contributed by atoms with Crippen molar-refractivity contribution in [1.82, 2.24) is 4.90 Å². The van der Waals surface area contributed by atoms with Crippen LogP contribution in [0.5, 0.6) is 0 Å². The maximum absolute atomic E-state index is 13.5. The molecule has 0 heterocycles. The number of carbonyl (C=O) groups is 1. The number of amides is 1. The van der Waals surface area contributed by atoms with E-state index in [2.05, 4.69) is 12.2 Å². The summed E-state index contributed by atoms with van der Waals surface area (Å²) < 4.78 is 13.5. The fraction of sp³-hybridized carbons (Fsp3) is 0.500. The minimum atomic E-state index is -0.481. The highest BCUT2D eigenvalue weighted by atomic mass is 19.1. The number of nitrogens with zero attached hydrogens (tertiary/aromatic N) is 1. The number of nitrogen functional groups attached to an aromatic ring is 1. The standard InChI is InChI=1S/C14H22FN3O/c1-4-5-8-18(3)10(2)14(19)17-13-9-11(16)6-7-12(13)15/h6-7,9-10H,4-5,8,16H2,1-3H3,(H,17,19). The fourth-order valence-corrected chi connectivity index (χ4v) is 1.68. The van der Waals surface area contributed by atoms with Gasteiger partial charge in [0, 0.05) is 5.69 Å². The zero-order chi connectivity index (χ0) is 14.4. The Bertz CT molecular complexity index is 437. The van der Waals surface area contributed by atoms with Crippen LogP contribution in [0.1, 0.15) is 26.7 Å². The second-order valence-corrected chi connectivity index (χ2v) is 4.74. The molecule has 0 fully saturated rings. The molecule has 0 aliphatic rings. The van der Waals surface area contributed by atoms with E-state index in [9.17, 15) is 9.18 Å². The molecule has 0 saturated carbocycles. The number of nitrogens with one attached hydrogen (secondary N) is 1. The summed E-state index contributed by atoms with van der Waals surface area (Å²) in [7, 11) is 1.88.